The molecule has 2 atom stereocenters. The molecule has 0 amide bonds. The molecule has 0 bridgehead atoms. The number of pyridine rings is 1. The summed E-state index contributed by atoms with van der Waals surface area (Å²) in [5, 5.41) is 35.7. The van der Waals surface area contributed by atoms with E-state index in [1.165, 1.54) is 0 Å². The molecule has 0 aromatic carbocycles. The second kappa shape index (κ2) is 26.6. The first-order valence-corrected chi connectivity index (χ1v) is 14.1. The summed E-state index contributed by atoms with van der Waals surface area (Å²) in [5.74, 6) is 0. The topological polar surface area (TPSA) is 180 Å². The molecule has 10 nitrogen and oxygen atoms in total. The maximum Gasteiger partial charge on any atom is 4.00 e. The number of hydrogen-bond donors (Lipinski definition) is 2. The molecule has 0 aliphatic carbocycles. The van der Waals surface area contributed by atoms with Crippen LogP contribution < -0.4 is 29.9 Å². The average molecular weight is 576 g/mol. The number of sulfonamides is 1. The van der Waals surface area contributed by atoms with Crippen LogP contribution >= 0.6 is 0 Å². The van der Waals surface area contributed by atoms with Crippen LogP contribution in [0.3, 0.4) is 0 Å². The van der Waals surface area contributed by atoms with Gasteiger partial charge in [-0.2, -0.15) is 0 Å². The summed E-state index contributed by atoms with van der Waals surface area (Å²) in [7, 11) is -4.53. The van der Waals surface area contributed by atoms with Gasteiger partial charge in [0.15, 0.2) is 0 Å². The van der Waals surface area contributed by atoms with Crippen molar-refractivity contribution in [2.45, 2.75) is 79.5 Å². The quantitative estimate of drug-likeness (QED) is 0.430. The van der Waals surface area contributed by atoms with Crippen LogP contribution in [0.5, 0.6) is 0 Å². The van der Waals surface area contributed by atoms with Crippen molar-refractivity contribution in [2.24, 2.45) is 0 Å². The molecule has 0 aliphatic rings. The Balaban J connectivity index is -0.000000194. The second-order valence-corrected chi connectivity index (χ2v) is 11.1. The molecular formula is C22H45N3O7S2Ti. The van der Waals surface area contributed by atoms with Crippen molar-refractivity contribution in [1.29, 1.82) is 0 Å². The van der Waals surface area contributed by atoms with Crippen molar-refractivity contribution < 1.29 is 54.8 Å². The van der Waals surface area contributed by atoms with Crippen LogP contribution in [0, 0.1) is 0 Å². The van der Waals surface area contributed by atoms with Crippen molar-refractivity contribution in [2.75, 3.05) is 37.4 Å². The molecule has 13 heteroatoms. The summed E-state index contributed by atoms with van der Waals surface area (Å²) in [5.41, 5.74) is 1.88. The number of aromatic nitrogens is 1. The van der Waals surface area contributed by atoms with Gasteiger partial charge in [-0.05, 0) is 46.2 Å². The minimum Gasteiger partial charge on any atom is -0.855 e. The van der Waals surface area contributed by atoms with Gasteiger partial charge in [-0.3, -0.25) is 9.71 Å². The van der Waals surface area contributed by atoms with Crippen LogP contribution in [-0.2, 0) is 49.1 Å². The molecule has 1 aromatic heterocycles. The van der Waals surface area contributed by atoms with E-state index in [0.29, 0.717) is 17.8 Å². The van der Waals surface area contributed by atoms with Crippen LogP contribution in [-0.4, -0.2) is 55.0 Å². The van der Waals surface area contributed by atoms with E-state index in [1.807, 2.05) is 34.6 Å². The summed E-state index contributed by atoms with van der Waals surface area (Å²) >= 11 is 0. The van der Waals surface area contributed by atoms with Gasteiger partial charge in [0.2, 0.25) is 10.0 Å². The van der Waals surface area contributed by atoms with Gasteiger partial charge in [0.25, 0.3) is 0 Å². The maximum atomic E-state index is 12.1. The SMILES string of the molecule is CC[O-].CC[O-].CC[O-].CC[O-].CCc1nc([C@@H](C)N[S@](=O)C(C)(C)C)ccc1NS(C)(=O)=O.[Ti+4]. The maximum absolute atomic E-state index is 12.1. The van der Waals surface area contributed by atoms with Crippen LogP contribution in [0.15, 0.2) is 12.1 Å². The van der Waals surface area contributed by atoms with E-state index in [-0.39, 0.29) is 58.9 Å². The molecule has 0 aliphatic heterocycles. The molecule has 35 heavy (non-hydrogen) atoms. The third-order valence-corrected chi connectivity index (χ3v) is 5.18. The Bertz CT molecular complexity index is 724. The van der Waals surface area contributed by atoms with Crippen LogP contribution in [0.1, 0.15) is 79.7 Å². The van der Waals surface area contributed by atoms with Crippen molar-refractivity contribution in [3.05, 3.63) is 23.5 Å². The molecule has 206 valence electrons. The Morgan fingerprint density at radius 3 is 1.60 bits per heavy atom. The number of hydrogen-bond acceptors (Lipinski definition) is 8. The standard InChI is InChI=1S/C14H25N3O3S2.4C2H5O.Ti/c1-7-11-13(17-22(6,19)20)9-8-12(15-11)10(2)16-21(18)14(3,4)5;4*1-2-3;/h8-10,16-17H,7H2,1-6H3;4*2H2,1H3;/q;4*-1;+4/t10-,21-;;;;;/m1...../s1. The van der Waals surface area contributed by atoms with E-state index in [4.69, 9.17) is 20.4 Å². The van der Waals surface area contributed by atoms with Crippen molar-refractivity contribution >= 4 is 26.7 Å². The van der Waals surface area contributed by atoms with Gasteiger partial charge < -0.3 is 20.4 Å². The molecule has 1 aromatic rings. The van der Waals surface area contributed by atoms with Gasteiger partial charge in [-0.25, -0.2) is 17.3 Å². The summed E-state index contributed by atoms with van der Waals surface area (Å²) in [4.78, 5) is 4.49. The third-order valence-electron chi connectivity index (χ3n) is 2.91. The number of rotatable bonds is 6. The van der Waals surface area contributed by atoms with Gasteiger partial charge in [0.1, 0.15) is 0 Å². The third kappa shape index (κ3) is 29.7. The number of anilines is 1. The molecule has 0 saturated heterocycles. The molecular weight excluding hydrogens is 530 g/mol. The smallest absolute Gasteiger partial charge is 0.855 e. The zero-order valence-corrected chi connectivity index (χ0v) is 26.1. The monoisotopic (exact) mass is 575 g/mol. The van der Waals surface area contributed by atoms with Crippen LogP contribution in [0.2, 0.25) is 0 Å². The van der Waals surface area contributed by atoms with Crippen molar-refractivity contribution in [3.63, 3.8) is 0 Å². The Kier molecular flexibility index (Phi) is 33.9. The van der Waals surface area contributed by atoms with Crippen molar-refractivity contribution in [1.82, 2.24) is 9.71 Å². The Morgan fingerprint density at radius 2 is 1.31 bits per heavy atom. The zero-order valence-electron chi connectivity index (χ0n) is 22.9. The molecule has 0 saturated carbocycles. The molecule has 0 unspecified atom stereocenters. The summed E-state index contributed by atoms with van der Waals surface area (Å²) < 4.78 is 40.0. The fraction of sp³-hybridized carbons (Fsp3) is 0.773. The predicted molar refractivity (Wildman–Crippen MR) is 134 cm³/mol. The fourth-order valence-corrected chi connectivity index (χ4v) is 3.10. The molecule has 2 N–H and O–H groups in total. The molecule has 0 radical (unpaired) electrons. The molecule has 1 heterocycles. The predicted octanol–water partition coefficient (Wildman–Crippen LogP) is -0.408. The normalized spacial score (nSPS) is 11.7. The molecule has 1 rings (SSSR count). The van der Waals surface area contributed by atoms with Crippen LogP contribution in [0.4, 0.5) is 5.69 Å². The van der Waals surface area contributed by atoms with E-state index in [0.717, 1.165) is 11.9 Å². The van der Waals surface area contributed by atoms with Gasteiger partial charge >= 0.3 is 21.7 Å². The fourth-order valence-electron chi connectivity index (χ4n) is 1.72. The Labute approximate surface area is 230 Å². The summed E-state index contributed by atoms with van der Waals surface area (Å²) in [6, 6.07) is 3.24. The van der Waals surface area contributed by atoms with Crippen LogP contribution in [0.25, 0.3) is 0 Å². The minimum atomic E-state index is -3.34. The van der Waals surface area contributed by atoms with Gasteiger partial charge in [-0.1, -0.05) is 34.6 Å². The van der Waals surface area contributed by atoms with E-state index < -0.39 is 21.0 Å². The molecule has 0 spiro atoms. The first-order valence-electron chi connectivity index (χ1n) is 11.1. The second-order valence-electron chi connectivity index (χ2n) is 7.33. The van der Waals surface area contributed by atoms with Gasteiger partial charge in [0, 0.05) is 0 Å². The van der Waals surface area contributed by atoms with Gasteiger partial charge in [-0.15, -0.1) is 26.4 Å². The van der Waals surface area contributed by atoms with E-state index >= 15 is 0 Å². The van der Waals surface area contributed by atoms with E-state index in [2.05, 4.69) is 14.4 Å². The first kappa shape index (κ1) is 44.5. The first-order chi connectivity index (χ1) is 15.6. The number of nitrogens with zero attached hydrogens (tertiary/aromatic N) is 1. The molecule has 0 fully saturated rings. The van der Waals surface area contributed by atoms with E-state index in [9.17, 15) is 12.6 Å². The Morgan fingerprint density at radius 1 is 0.943 bits per heavy atom. The number of aryl methyl sites for hydroxylation is 1. The summed E-state index contributed by atoms with van der Waals surface area (Å²) in [6.07, 6.45) is 1.71. The summed E-state index contributed by atoms with van der Waals surface area (Å²) in [6.45, 7) is 15.8. The number of nitrogens with one attached hydrogen (secondary N) is 2. The minimum absolute atomic E-state index is 0. The van der Waals surface area contributed by atoms with Crippen molar-refractivity contribution in [3.8, 4) is 0 Å². The Hall–Kier alpha value is -0.436. The average Bonchev–Trinajstić information content (AvgIpc) is 2.68. The largest absolute Gasteiger partial charge is 4.00 e. The van der Waals surface area contributed by atoms with Gasteiger partial charge in [0.05, 0.1) is 45.1 Å². The zero-order chi connectivity index (χ0) is 28.0. The van der Waals surface area contributed by atoms with E-state index in [1.54, 1.807) is 39.8 Å².